The van der Waals surface area contributed by atoms with E-state index in [1.807, 2.05) is 0 Å². The molecule has 5 rings (SSSR count). The number of fused-ring (bicyclic) bond motifs is 2. The zero-order valence-corrected chi connectivity index (χ0v) is 21.2. The van der Waals surface area contributed by atoms with Gasteiger partial charge in [0.25, 0.3) is 5.92 Å². The van der Waals surface area contributed by atoms with Gasteiger partial charge in [0.05, 0.1) is 31.5 Å². The fourth-order valence-electron chi connectivity index (χ4n) is 4.50. The predicted molar refractivity (Wildman–Crippen MR) is 130 cm³/mol. The zero-order valence-electron chi connectivity index (χ0n) is 20.4. The summed E-state index contributed by atoms with van der Waals surface area (Å²) in [5, 5.41) is 14.8. The largest absolute Gasteiger partial charge is 0.479 e. The van der Waals surface area contributed by atoms with Gasteiger partial charge in [0.1, 0.15) is 30.4 Å². The van der Waals surface area contributed by atoms with Crippen molar-refractivity contribution in [2.45, 2.75) is 24.4 Å². The summed E-state index contributed by atoms with van der Waals surface area (Å²) in [5.41, 5.74) is 2.58. The SMILES string of the molecule is COc1nc(NC2CCN(S(C)(=O)=O)CC2(F)F)nn2ccc(-c3ccc4nnn(C(CF)CF)c4c3)c12. The predicted octanol–water partition coefficient (Wildman–Crippen LogP) is 2.71. The van der Waals surface area contributed by atoms with Crippen molar-refractivity contribution >= 4 is 32.5 Å². The van der Waals surface area contributed by atoms with Crippen LogP contribution in [0.25, 0.3) is 27.7 Å². The van der Waals surface area contributed by atoms with E-state index >= 15 is 0 Å². The first kappa shape index (κ1) is 26.1. The molecule has 16 heteroatoms. The quantitative estimate of drug-likeness (QED) is 0.329. The molecule has 1 unspecified atom stereocenters. The van der Waals surface area contributed by atoms with Gasteiger partial charge in [-0.25, -0.2) is 35.2 Å². The molecule has 1 saturated heterocycles. The minimum atomic E-state index is -3.75. The Labute approximate surface area is 214 Å². The maximum atomic E-state index is 14.8. The van der Waals surface area contributed by atoms with Crippen molar-refractivity contribution in [2.75, 3.05) is 45.1 Å². The van der Waals surface area contributed by atoms with Gasteiger partial charge in [-0.15, -0.1) is 10.2 Å². The smallest absolute Gasteiger partial charge is 0.281 e. The van der Waals surface area contributed by atoms with E-state index in [2.05, 4.69) is 25.7 Å². The van der Waals surface area contributed by atoms with Gasteiger partial charge in [-0.05, 0) is 30.2 Å². The Hall–Kier alpha value is -3.53. The van der Waals surface area contributed by atoms with E-state index in [4.69, 9.17) is 4.74 Å². The second-order valence-electron chi connectivity index (χ2n) is 9.01. The number of rotatable bonds is 8. The third kappa shape index (κ3) is 4.62. The second kappa shape index (κ2) is 9.65. The summed E-state index contributed by atoms with van der Waals surface area (Å²) >= 11 is 0. The molecule has 0 bridgehead atoms. The minimum Gasteiger partial charge on any atom is -0.479 e. The Bertz CT molecular complexity index is 1590. The van der Waals surface area contributed by atoms with Crippen LogP contribution in [-0.2, 0) is 10.0 Å². The number of anilines is 1. The number of nitrogens with one attached hydrogen (secondary N) is 1. The number of sulfonamides is 1. The van der Waals surface area contributed by atoms with Crippen LogP contribution >= 0.6 is 0 Å². The van der Waals surface area contributed by atoms with Crippen molar-refractivity contribution in [3.05, 3.63) is 30.5 Å². The van der Waals surface area contributed by atoms with Crippen molar-refractivity contribution < 1.29 is 30.7 Å². The van der Waals surface area contributed by atoms with Crippen molar-refractivity contribution in [3.63, 3.8) is 0 Å². The van der Waals surface area contributed by atoms with E-state index in [-0.39, 0.29) is 24.8 Å². The lowest BCUT2D eigenvalue weighted by Gasteiger charge is -2.37. The molecule has 11 nitrogen and oxygen atoms in total. The van der Waals surface area contributed by atoms with Gasteiger partial charge < -0.3 is 10.1 Å². The summed E-state index contributed by atoms with van der Waals surface area (Å²) in [6, 6.07) is 4.32. The third-order valence-electron chi connectivity index (χ3n) is 6.49. The monoisotopic (exact) mass is 556 g/mol. The molecule has 0 amide bonds. The lowest BCUT2D eigenvalue weighted by molar-refractivity contribution is -0.0541. The molecule has 4 aromatic rings. The number of aromatic nitrogens is 6. The maximum absolute atomic E-state index is 14.8. The lowest BCUT2D eigenvalue weighted by atomic mass is 10.0. The van der Waals surface area contributed by atoms with Gasteiger partial charge in [0.2, 0.25) is 21.9 Å². The van der Waals surface area contributed by atoms with Crippen molar-refractivity contribution in [1.29, 1.82) is 0 Å². The average molecular weight is 557 g/mol. The number of alkyl halides is 4. The molecule has 38 heavy (non-hydrogen) atoms. The topological polar surface area (TPSA) is 120 Å². The molecule has 1 aromatic carbocycles. The number of hydrogen-bond donors (Lipinski definition) is 1. The van der Waals surface area contributed by atoms with Crippen LogP contribution in [0.15, 0.2) is 30.5 Å². The van der Waals surface area contributed by atoms with Gasteiger partial charge >= 0.3 is 0 Å². The number of methoxy groups -OCH3 is 1. The number of piperidine rings is 1. The minimum absolute atomic E-state index is 0.0707. The van der Waals surface area contributed by atoms with Crippen LogP contribution < -0.4 is 10.1 Å². The Morgan fingerprint density at radius 1 is 1.24 bits per heavy atom. The third-order valence-corrected chi connectivity index (χ3v) is 7.74. The van der Waals surface area contributed by atoms with E-state index < -0.39 is 47.9 Å². The second-order valence-corrected chi connectivity index (χ2v) is 11.0. The first-order chi connectivity index (χ1) is 18.1. The molecule has 1 atom stereocenters. The standard InChI is InChI=1S/C22H24F4N8O3S/c1-37-20-19-15(13-3-4-16-17(9-13)34(31-29-16)14(10-23)11-24)5-8-33(19)30-21(28-20)27-18-6-7-32(38(2,35)36)12-22(18,25)26/h3-5,8-9,14,18H,6-7,10-12H2,1-2H3,(H,27,30). The Morgan fingerprint density at radius 3 is 2.66 bits per heavy atom. The molecular formula is C22H24F4N8O3S. The first-order valence-electron chi connectivity index (χ1n) is 11.6. The molecule has 1 aliphatic rings. The highest BCUT2D eigenvalue weighted by Gasteiger charge is 2.47. The van der Waals surface area contributed by atoms with Gasteiger partial charge in [-0.1, -0.05) is 11.3 Å². The summed E-state index contributed by atoms with van der Waals surface area (Å²) in [6.45, 7) is -2.91. The van der Waals surface area contributed by atoms with Crippen molar-refractivity contribution in [1.82, 2.24) is 33.9 Å². The average Bonchev–Trinajstić information content (AvgIpc) is 3.49. The molecule has 0 aliphatic carbocycles. The van der Waals surface area contributed by atoms with Crippen LogP contribution in [0.3, 0.4) is 0 Å². The van der Waals surface area contributed by atoms with E-state index in [1.54, 1.807) is 30.5 Å². The number of halogens is 4. The van der Waals surface area contributed by atoms with Crippen LogP contribution in [0.4, 0.5) is 23.5 Å². The van der Waals surface area contributed by atoms with Crippen molar-refractivity contribution in [2.24, 2.45) is 0 Å². The van der Waals surface area contributed by atoms with Crippen LogP contribution in [0.5, 0.6) is 5.88 Å². The highest BCUT2D eigenvalue weighted by atomic mass is 32.2. The van der Waals surface area contributed by atoms with Crippen molar-refractivity contribution in [3.8, 4) is 17.0 Å². The number of hydrogen-bond acceptors (Lipinski definition) is 8. The molecule has 4 heterocycles. The highest BCUT2D eigenvalue weighted by molar-refractivity contribution is 7.88. The number of nitrogens with zero attached hydrogens (tertiary/aromatic N) is 7. The van der Waals surface area contributed by atoms with Gasteiger partial charge in [0, 0.05) is 18.3 Å². The molecule has 0 radical (unpaired) electrons. The fourth-order valence-corrected chi connectivity index (χ4v) is 5.34. The molecule has 1 N–H and O–H groups in total. The Balaban J connectivity index is 1.49. The summed E-state index contributed by atoms with van der Waals surface area (Å²) < 4.78 is 88.4. The Kier molecular flexibility index (Phi) is 6.63. The van der Waals surface area contributed by atoms with Crippen LogP contribution in [0.2, 0.25) is 0 Å². The molecular weight excluding hydrogens is 532 g/mol. The summed E-state index contributed by atoms with van der Waals surface area (Å²) in [6.07, 6.45) is 2.34. The van der Waals surface area contributed by atoms with Gasteiger partial charge in [-0.2, -0.15) is 9.29 Å². The van der Waals surface area contributed by atoms with E-state index in [9.17, 15) is 26.0 Å². The van der Waals surface area contributed by atoms with Crippen LogP contribution in [-0.4, -0.2) is 94.1 Å². The summed E-state index contributed by atoms with van der Waals surface area (Å²) in [4.78, 5) is 4.27. The van der Waals surface area contributed by atoms with E-state index in [0.29, 0.717) is 27.7 Å². The molecule has 204 valence electrons. The number of ether oxygens (including phenoxy) is 1. The molecule has 0 spiro atoms. The normalized spacial score (nSPS) is 18.4. The summed E-state index contributed by atoms with van der Waals surface area (Å²) in [7, 11) is -2.38. The lowest BCUT2D eigenvalue weighted by Crippen LogP contribution is -2.55. The first-order valence-corrected chi connectivity index (χ1v) is 13.4. The maximum Gasteiger partial charge on any atom is 0.281 e. The van der Waals surface area contributed by atoms with Crippen LogP contribution in [0, 0.1) is 0 Å². The highest BCUT2D eigenvalue weighted by Crippen LogP contribution is 2.35. The molecule has 1 aliphatic heterocycles. The van der Waals surface area contributed by atoms with Gasteiger partial charge in [-0.3, -0.25) is 0 Å². The molecule has 1 fully saturated rings. The molecule has 3 aromatic heterocycles. The van der Waals surface area contributed by atoms with E-state index in [1.165, 1.54) is 16.3 Å². The number of benzene rings is 1. The fraction of sp³-hybridized carbons (Fsp3) is 0.455. The Morgan fingerprint density at radius 2 is 2.00 bits per heavy atom. The van der Waals surface area contributed by atoms with Gasteiger partial charge in [0.15, 0.2) is 0 Å². The molecule has 0 saturated carbocycles. The zero-order chi connectivity index (χ0) is 27.2. The van der Waals surface area contributed by atoms with Crippen LogP contribution in [0.1, 0.15) is 12.5 Å². The van der Waals surface area contributed by atoms with E-state index in [0.717, 1.165) is 10.6 Å². The summed E-state index contributed by atoms with van der Waals surface area (Å²) in [5.74, 6) is -3.39.